The first kappa shape index (κ1) is 14.1. The summed E-state index contributed by atoms with van der Waals surface area (Å²) in [6, 6.07) is 14.2. The number of rotatable bonds is 6. The van der Waals surface area contributed by atoms with Crippen LogP contribution >= 0.6 is 0 Å². The number of hydrogen-bond acceptors (Lipinski definition) is 2. The lowest BCUT2D eigenvalue weighted by molar-refractivity contribution is 0.370. The molecule has 0 aromatic heterocycles. The molecule has 0 amide bonds. The van der Waals surface area contributed by atoms with Gasteiger partial charge in [0.25, 0.3) is 0 Å². The van der Waals surface area contributed by atoms with Crippen molar-refractivity contribution in [2.75, 3.05) is 6.61 Å². The molecule has 3 heteroatoms. The number of terminal acetylenes is 1. The second-order valence-electron chi connectivity index (χ2n) is 4.37. The zero-order chi connectivity index (χ0) is 14.2. The fourth-order valence-electron chi connectivity index (χ4n) is 1.82. The Bertz CT molecular complexity index is 587. The smallest absolute Gasteiger partial charge is 0.148 e. The van der Waals surface area contributed by atoms with Crippen LogP contribution in [-0.4, -0.2) is 6.61 Å². The fourth-order valence-corrected chi connectivity index (χ4v) is 1.82. The Morgan fingerprint density at radius 3 is 2.55 bits per heavy atom. The second kappa shape index (κ2) is 7.32. The molecule has 0 saturated heterocycles. The van der Waals surface area contributed by atoms with Crippen molar-refractivity contribution in [1.82, 2.24) is 5.32 Å². The first-order valence-electron chi connectivity index (χ1n) is 6.38. The van der Waals surface area contributed by atoms with Gasteiger partial charge in [-0.3, -0.25) is 0 Å². The van der Waals surface area contributed by atoms with Crippen molar-refractivity contribution in [3.63, 3.8) is 0 Å². The van der Waals surface area contributed by atoms with E-state index in [9.17, 15) is 4.39 Å². The van der Waals surface area contributed by atoms with E-state index < -0.39 is 0 Å². The highest BCUT2D eigenvalue weighted by Gasteiger charge is 1.98. The van der Waals surface area contributed by atoms with Gasteiger partial charge in [0.15, 0.2) is 0 Å². The van der Waals surface area contributed by atoms with E-state index in [1.807, 2.05) is 24.3 Å². The Balaban J connectivity index is 1.84. The third-order valence-corrected chi connectivity index (χ3v) is 2.79. The van der Waals surface area contributed by atoms with Gasteiger partial charge in [0.05, 0.1) is 0 Å². The minimum absolute atomic E-state index is 0.216. The number of nitrogens with one attached hydrogen (secondary N) is 1. The minimum atomic E-state index is -0.216. The zero-order valence-electron chi connectivity index (χ0n) is 11.1. The molecule has 0 atom stereocenters. The third kappa shape index (κ3) is 4.42. The van der Waals surface area contributed by atoms with E-state index in [1.165, 1.54) is 12.1 Å². The number of ether oxygens (including phenoxy) is 1. The maximum Gasteiger partial charge on any atom is 0.148 e. The van der Waals surface area contributed by atoms with Crippen molar-refractivity contribution in [2.24, 2.45) is 0 Å². The standard InChI is InChI=1S/C17H16FNO/c1-2-10-20-17-5-3-4-15(11-17)13-19-12-14-6-8-16(18)9-7-14/h1,3-9,11,19H,10,12-13H2. The van der Waals surface area contributed by atoms with Crippen LogP contribution in [0.25, 0.3) is 0 Å². The van der Waals surface area contributed by atoms with Gasteiger partial charge in [0.1, 0.15) is 18.2 Å². The topological polar surface area (TPSA) is 21.3 Å². The Labute approximate surface area is 118 Å². The van der Waals surface area contributed by atoms with Crippen LogP contribution in [-0.2, 0) is 13.1 Å². The van der Waals surface area contributed by atoms with Gasteiger partial charge in [-0.25, -0.2) is 4.39 Å². The van der Waals surface area contributed by atoms with Gasteiger partial charge in [-0.05, 0) is 35.4 Å². The van der Waals surface area contributed by atoms with Crippen molar-refractivity contribution in [1.29, 1.82) is 0 Å². The molecule has 0 aliphatic carbocycles. The average Bonchev–Trinajstić information content (AvgIpc) is 2.48. The third-order valence-electron chi connectivity index (χ3n) is 2.79. The Morgan fingerprint density at radius 1 is 1.05 bits per heavy atom. The molecule has 0 saturated carbocycles. The van der Waals surface area contributed by atoms with E-state index in [1.54, 1.807) is 12.1 Å². The van der Waals surface area contributed by atoms with Crippen LogP contribution in [0.2, 0.25) is 0 Å². The molecule has 20 heavy (non-hydrogen) atoms. The van der Waals surface area contributed by atoms with Gasteiger partial charge >= 0.3 is 0 Å². The van der Waals surface area contributed by atoms with Crippen molar-refractivity contribution in [3.8, 4) is 18.1 Å². The number of hydrogen-bond donors (Lipinski definition) is 1. The van der Waals surface area contributed by atoms with Gasteiger partial charge in [-0.1, -0.05) is 30.2 Å². The van der Waals surface area contributed by atoms with E-state index in [-0.39, 0.29) is 12.4 Å². The molecule has 2 nitrogen and oxygen atoms in total. The summed E-state index contributed by atoms with van der Waals surface area (Å²) in [6.07, 6.45) is 5.16. The summed E-state index contributed by atoms with van der Waals surface area (Å²) >= 11 is 0. The predicted octanol–water partition coefficient (Wildman–Crippen LogP) is 3.13. The number of benzene rings is 2. The van der Waals surface area contributed by atoms with Gasteiger partial charge in [0, 0.05) is 13.1 Å². The molecule has 0 unspecified atom stereocenters. The molecule has 1 N–H and O–H groups in total. The van der Waals surface area contributed by atoms with Gasteiger partial charge in [-0.15, -0.1) is 6.42 Å². The summed E-state index contributed by atoms with van der Waals surface area (Å²) in [5.41, 5.74) is 2.16. The summed E-state index contributed by atoms with van der Waals surface area (Å²) in [4.78, 5) is 0. The molecular formula is C17H16FNO. The Morgan fingerprint density at radius 2 is 1.80 bits per heavy atom. The van der Waals surface area contributed by atoms with E-state index >= 15 is 0 Å². The average molecular weight is 269 g/mol. The van der Waals surface area contributed by atoms with Crippen LogP contribution in [0.3, 0.4) is 0 Å². The predicted molar refractivity (Wildman–Crippen MR) is 77.7 cm³/mol. The molecule has 0 aliphatic heterocycles. The highest BCUT2D eigenvalue weighted by Crippen LogP contribution is 2.13. The first-order chi connectivity index (χ1) is 9.78. The maximum absolute atomic E-state index is 12.8. The molecule has 0 fully saturated rings. The summed E-state index contributed by atoms with van der Waals surface area (Å²) in [7, 11) is 0. The molecular weight excluding hydrogens is 253 g/mol. The molecule has 0 heterocycles. The maximum atomic E-state index is 12.8. The van der Waals surface area contributed by atoms with Gasteiger partial charge in [0.2, 0.25) is 0 Å². The normalized spacial score (nSPS) is 10.0. The number of halogens is 1. The van der Waals surface area contributed by atoms with E-state index in [0.29, 0.717) is 13.1 Å². The van der Waals surface area contributed by atoms with E-state index in [0.717, 1.165) is 16.9 Å². The van der Waals surface area contributed by atoms with Crippen LogP contribution in [0.1, 0.15) is 11.1 Å². The van der Waals surface area contributed by atoms with Crippen molar-refractivity contribution >= 4 is 0 Å². The van der Waals surface area contributed by atoms with Crippen molar-refractivity contribution < 1.29 is 9.13 Å². The van der Waals surface area contributed by atoms with Crippen LogP contribution in [0.5, 0.6) is 5.75 Å². The molecule has 102 valence electrons. The highest BCUT2D eigenvalue weighted by atomic mass is 19.1. The Kier molecular flexibility index (Phi) is 5.16. The highest BCUT2D eigenvalue weighted by molar-refractivity contribution is 5.28. The minimum Gasteiger partial charge on any atom is -0.481 e. The van der Waals surface area contributed by atoms with Crippen molar-refractivity contribution in [2.45, 2.75) is 13.1 Å². The van der Waals surface area contributed by atoms with Crippen molar-refractivity contribution in [3.05, 3.63) is 65.5 Å². The van der Waals surface area contributed by atoms with E-state index in [4.69, 9.17) is 11.2 Å². The van der Waals surface area contributed by atoms with Crippen LogP contribution < -0.4 is 10.1 Å². The molecule has 0 radical (unpaired) electrons. The van der Waals surface area contributed by atoms with Crippen LogP contribution in [0, 0.1) is 18.2 Å². The summed E-state index contributed by atoms with van der Waals surface area (Å²) < 4.78 is 18.1. The summed E-state index contributed by atoms with van der Waals surface area (Å²) in [5, 5.41) is 3.30. The first-order valence-corrected chi connectivity index (χ1v) is 6.38. The molecule has 0 bridgehead atoms. The zero-order valence-corrected chi connectivity index (χ0v) is 11.1. The molecule has 0 spiro atoms. The quantitative estimate of drug-likeness (QED) is 0.813. The summed E-state index contributed by atoms with van der Waals surface area (Å²) in [6.45, 7) is 1.67. The van der Waals surface area contributed by atoms with Crippen LogP contribution in [0.4, 0.5) is 4.39 Å². The fraction of sp³-hybridized carbons (Fsp3) is 0.176. The Hall–Kier alpha value is -2.31. The lowest BCUT2D eigenvalue weighted by atomic mass is 10.2. The molecule has 2 aromatic rings. The largest absolute Gasteiger partial charge is 0.481 e. The SMILES string of the molecule is C#CCOc1cccc(CNCc2ccc(F)cc2)c1. The summed E-state index contributed by atoms with van der Waals surface area (Å²) in [5.74, 6) is 2.99. The van der Waals surface area contributed by atoms with Gasteiger partial charge < -0.3 is 10.1 Å². The molecule has 2 aromatic carbocycles. The monoisotopic (exact) mass is 269 g/mol. The molecule has 2 rings (SSSR count). The van der Waals surface area contributed by atoms with Gasteiger partial charge in [-0.2, -0.15) is 0 Å². The molecule has 0 aliphatic rings. The lowest BCUT2D eigenvalue weighted by Crippen LogP contribution is -2.12. The van der Waals surface area contributed by atoms with E-state index in [2.05, 4.69) is 11.2 Å². The van der Waals surface area contributed by atoms with Crippen LogP contribution in [0.15, 0.2) is 48.5 Å². The second-order valence-corrected chi connectivity index (χ2v) is 4.37. The lowest BCUT2D eigenvalue weighted by Gasteiger charge is -2.07.